The van der Waals surface area contributed by atoms with Crippen molar-refractivity contribution in [1.82, 2.24) is 4.90 Å². The van der Waals surface area contributed by atoms with Crippen LogP contribution in [0.25, 0.3) is 0 Å². The van der Waals surface area contributed by atoms with Crippen LogP contribution in [0.5, 0.6) is 0 Å². The van der Waals surface area contributed by atoms with Crippen LogP contribution in [0.2, 0.25) is 0 Å². The molecule has 0 bridgehead atoms. The second-order valence-electron chi connectivity index (χ2n) is 5.27. The summed E-state index contributed by atoms with van der Waals surface area (Å²) in [6.07, 6.45) is 2.05. The molecule has 3 nitrogen and oxygen atoms in total. The summed E-state index contributed by atoms with van der Waals surface area (Å²) >= 11 is 0. The van der Waals surface area contributed by atoms with Crippen LogP contribution >= 0.6 is 0 Å². The summed E-state index contributed by atoms with van der Waals surface area (Å²) in [4.78, 5) is 2.26. The lowest BCUT2D eigenvalue weighted by Gasteiger charge is -2.35. The molecule has 0 aliphatic carbocycles. The number of hydrogen-bond acceptors (Lipinski definition) is 3. The lowest BCUT2D eigenvalue weighted by Crippen LogP contribution is -2.38. The fourth-order valence-corrected chi connectivity index (χ4v) is 3.07. The van der Waals surface area contributed by atoms with Gasteiger partial charge in [-0.2, -0.15) is 0 Å². The van der Waals surface area contributed by atoms with Crippen molar-refractivity contribution in [2.75, 3.05) is 32.8 Å². The molecule has 19 heavy (non-hydrogen) atoms. The molecule has 1 aromatic rings. The summed E-state index contributed by atoms with van der Waals surface area (Å²) in [5.41, 5.74) is 6.63. The third kappa shape index (κ3) is 3.53. The topological polar surface area (TPSA) is 49.5 Å². The van der Waals surface area contributed by atoms with E-state index in [2.05, 4.69) is 4.90 Å². The highest BCUT2D eigenvalue weighted by molar-refractivity contribution is 5.23. The maximum absolute atomic E-state index is 13.9. The SMILES string of the molecule is NCC(c1ccccc1F)C1CCN(CCO)CC1. The summed E-state index contributed by atoms with van der Waals surface area (Å²) < 4.78 is 13.9. The molecule has 106 valence electrons. The molecule has 1 heterocycles. The Balaban J connectivity index is 2.02. The maximum Gasteiger partial charge on any atom is 0.126 e. The Labute approximate surface area is 114 Å². The molecular weight excluding hydrogens is 243 g/mol. The molecule has 0 aromatic heterocycles. The van der Waals surface area contributed by atoms with Gasteiger partial charge in [-0.3, -0.25) is 0 Å². The van der Waals surface area contributed by atoms with E-state index in [0.717, 1.165) is 38.0 Å². The van der Waals surface area contributed by atoms with Gasteiger partial charge in [0.1, 0.15) is 5.82 Å². The lowest BCUT2D eigenvalue weighted by atomic mass is 9.80. The monoisotopic (exact) mass is 266 g/mol. The molecular formula is C15H23FN2O. The van der Waals surface area contributed by atoms with Crippen LogP contribution in [0, 0.1) is 11.7 Å². The van der Waals surface area contributed by atoms with E-state index in [-0.39, 0.29) is 18.3 Å². The third-order valence-corrected chi connectivity index (χ3v) is 4.18. The molecule has 1 aliphatic heterocycles. The highest BCUT2D eigenvalue weighted by Crippen LogP contribution is 2.33. The Hall–Kier alpha value is -0.970. The highest BCUT2D eigenvalue weighted by atomic mass is 19.1. The van der Waals surface area contributed by atoms with Crippen molar-refractivity contribution in [1.29, 1.82) is 0 Å². The first kappa shape index (κ1) is 14.4. The van der Waals surface area contributed by atoms with Crippen LogP contribution in [0.1, 0.15) is 24.3 Å². The van der Waals surface area contributed by atoms with Gasteiger partial charge in [-0.15, -0.1) is 0 Å². The first-order chi connectivity index (χ1) is 9.26. The van der Waals surface area contributed by atoms with Crippen molar-refractivity contribution in [2.24, 2.45) is 11.7 Å². The van der Waals surface area contributed by atoms with E-state index in [1.165, 1.54) is 6.07 Å². The van der Waals surface area contributed by atoms with Gasteiger partial charge >= 0.3 is 0 Å². The second-order valence-corrected chi connectivity index (χ2v) is 5.27. The number of aliphatic hydroxyl groups excluding tert-OH is 1. The van der Waals surface area contributed by atoms with Crippen molar-refractivity contribution >= 4 is 0 Å². The first-order valence-corrected chi connectivity index (χ1v) is 7.04. The number of benzene rings is 1. The van der Waals surface area contributed by atoms with E-state index in [0.29, 0.717) is 12.5 Å². The zero-order valence-corrected chi connectivity index (χ0v) is 11.3. The average molecular weight is 266 g/mol. The normalized spacial score (nSPS) is 19.5. The van der Waals surface area contributed by atoms with Gasteiger partial charge in [0.25, 0.3) is 0 Å². The van der Waals surface area contributed by atoms with Gasteiger partial charge in [0.05, 0.1) is 6.61 Å². The second kappa shape index (κ2) is 6.98. The molecule has 1 atom stereocenters. The van der Waals surface area contributed by atoms with Gasteiger partial charge in [-0.25, -0.2) is 4.39 Å². The summed E-state index contributed by atoms with van der Waals surface area (Å²) in [7, 11) is 0. The van der Waals surface area contributed by atoms with E-state index < -0.39 is 0 Å². The van der Waals surface area contributed by atoms with E-state index in [9.17, 15) is 4.39 Å². The Morgan fingerprint density at radius 1 is 1.32 bits per heavy atom. The molecule has 1 unspecified atom stereocenters. The van der Waals surface area contributed by atoms with E-state index in [1.807, 2.05) is 12.1 Å². The number of β-amino-alcohol motifs (C(OH)–C–C–N with tert-alkyl or cyclic N) is 1. The van der Waals surface area contributed by atoms with Crippen molar-refractivity contribution in [3.63, 3.8) is 0 Å². The predicted octanol–water partition coefficient (Wildman–Crippen LogP) is 1.57. The van der Waals surface area contributed by atoms with Gasteiger partial charge in [-0.1, -0.05) is 18.2 Å². The lowest BCUT2D eigenvalue weighted by molar-refractivity contribution is 0.138. The van der Waals surface area contributed by atoms with Crippen LogP contribution in [-0.2, 0) is 0 Å². The minimum Gasteiger partial charge on any atom is -0.395 e. The van der Waals surface area contributed by atoms with Gasteiger partial charge in [0.2, 0.25) is 0 Å². The van der Waals surface area contributed by atoms with Crippen LogP contribution in [0.3, 0.4) is 0 Å². The highest BCUT2D eigenvalue weighted by Gasteiger charge is 2.28. The Bertz CT molecular complexity index is 391. The van der Waals surface area contributed by atoms with Gasteiger partial charge < -0.3 is 15.7 Å². The zero-order chi connectivity index (χ0) is 13.7. The molecule has 1 aromatic carbocycles. The minimum atomic E-state index is -0.143. The van der Waals surface area contributed by atoms with Gasteiger partial charge in [0, 0.05) is 12.5 Å². The van der Waals surface area contributed by atoms with Crippen LogP contribution in [-0.4, -0.2) is 42.8 Å². The van der Waals surface area contributed by atoms with Gasteiger partial charge in [-0.05, 0) is 50.0 Å². The number of likely N-dealkylation sites (tertiary alicyclic amines) is 1. The largest absolute Gasteiger partial charge is 0.395 e. The zero-order valence-electron chi connectivity index (χ0n) is 11.3. The quantitative estimate of drug-likeness (QED) is 0.850. The smallest absolute Gasteiger partial charge is 0.126 e. The van der Waals surface area contributed by atoms with Gasteiger partial charge in [0.15, 0.2) is 0 Å². The molecule has 4 heteroatoms. The average Bonchev–Trinajstić information content (AvgIpc) is 2.44. The molecule has 1 fully saturated rings. The fraction of sp³-hybridized carbons (Fsp3) is 0.600. The standard InChI is InChI=1S/C15H23FN2O/c16-15-4-2-1-3-13(15)14(11-17)12-5-7-18(8-6-12)9-10-19/h1-4,12,14,19H,5-11,17H2. The third-order valence-electron chi connectivity index (χ3n) is 4.18. The summed E-state index contributed by atoms with van der Waals surface area (Å²) in [5, 5.41) is 8.94. The van der Waals surface area contributed by atoms with Crippen molar-refractivity contribution in [2.45, 2.75) is 18.8 Å². The molecule has 1 aliphatic rings. The number of rotatable bonds is 5. The maximum atomic E-state index is 13.9. The molecule has 3 N–H and O–H groups in total. The van der Waals surface area contributed by atoms with Crippen molar-refractivity contribution in [3.8, 4) is 0 Å². The molecule has 2 rings (SSSR count). The Morgan fingerprint density at radius 3 is 2.58 bits per heavy atom. The summed E-state index contributed by atoms with van der Waals surface area (Å²) in [6.45, 7) is 3.37. The summed E-state index contributed by atoms with van der Waals surface area (Å²) in [5.74, 6) is 0.407. The molecule has 0 spiro atoms. The minimum absolute atomic E-state index is 0.109. The number of piperidine rings is 1. The number of nitrogens with two attached hydrogens (primary N) is 1. The van der Waals surface area contributed by atoms with Crippen LogP contribution in [0.4, 0.5) is 4.39 Å². The van der Waals surface area contributed by atoms with Crippen LogP contribution < -0.4 is 5.73 Å². The molecule has 0 saturated carbocycles. The number of nitrogens with zero attached hydrogens (tertiary/aromatic N) is 1. The number of halogens is 1. The molecule has 0 radical (unpaired) electrons. The Morgan fingerprint density at radius 2 is 2.00 bits per heavy atom. The van der Waals surface area contributed by atoms with E-state index in [1.54, 1.807) is 6.07 Å². The van der Waals surface area contributed by atoms with E-state index >= 15 is 0 Å². The summed E-state index contributed by atoms with van der Waals surface area (Å²) in [6, 6.07) is 6.96. The molecule has 0 amide bonds. The first-order valence-electron chi connectivity index (χ1n) is 7.04. The number of aliphatic hydroxyl groups is 1. The fourth-order valence-electron chi connectivity index (χ4n) is 3.07. The van der Waals surface area contributed by atoms with Crippen molar-refractivity contribution in [3.05, 3.63) is 35.6 Å². The molecule has 1 saturated heterocycles. The van der Waals surface area contributed by atoms with E-state index in [4.69, 9.17) is 10.8 Å². The Kier molecular flexibility index (Phi) is 5.31. The predicted molar refractivity (Wildman–Crippen MR) is 74.4 cm³/mol. The van der Waals surface area contributed by atoms with Crippen LogP contribution in [0.15, 0.2) is 24.3 Å². The number of hydrogen-bond donors (Lipinski definition) is 2. The van der Waals surface area contributed by atoms with Crippen molar-refractivity contribution < 1.29 is 9.50 Å².